The molecule has 22 atom stereocenters. The number of amides is 2. The molecule has 14 rings (SSSR count). The maximum atomic E-state index is 15.2. The van der Waals surface area contributed by atoms with Crippen LogP contribution >= 0.6 is 24.8 Å². The van der Waals surface area contributed by atoms with Gasteiger partial charge in [0.25, 0.3) is 11.8 Å². The fourth-order valence-corrected chi connectivity index (χ4v) is 23.0. The molecule has 2 aliphatic heterocycles. The van der Waals surface area contributed by atoms with E-state index in [-0.39, 0.29) is 158 Å². The Hall–Kier alpha value is -11.7. The molecule has 0 unspecified atom stereocenters. The number of halogens is 2. The number of hydrogen-bond acceptors (Lipinski definition) is 32. The number of esters is 10. The molecule has 36 nitrogen and oxygen atoms in total. The molecule has 39 heteroatoms. The first-order valence-electron chi connectivity index (χ1n) is 48.0. The van der Waals surface area contributed by atoms with E-state index in [9.17, 15) is 78.0 Å². The van der Waals surface area contributed by atoms with Crippen molar-refractivity contribution in [3.8, 4) is 0 Å². The Morgan fingerprint density at radius 3 is 0.959 bits per heavy atom. The van der Waals surface area contributed by atoms with Gasteiger partial charge in [0.1, 0.15) is 72.1 Å². The summed E-state index contributed by atoms with van der Waals surface area (Å²) in [4.78, 5) is 190. The average Bonchev–Trinajstić information content (AvgIpc) is 0.675. The van der Waals surface area contributed by atoms with E-state index in [1.165, 1.54) is 52.0 Å². The first kappa shape index (κ1) is 121. The van der Waals surface area contributed by atoms with E-state index in [0.29, 0.717) is 59.1 Å². The van der Waals surface area contributed by atoms with Crippen molar-refractivity contribution in [2.24, 2.45) is 33.5 Å². The van der Waals surface area contributed by atoms with Crippen molar-refractivity contribution in [3.05, 3.63) is 238 Å². The number of carbonyl (C=O) groups is 14. The van der Waals surface area contributed by atoms with Crippen molar-refractivity contribution >= 4 is 108 Å². The van der Waals surface area contributed by atoms with Gasteiger partial charge in [0.15, 0.2) is 11.2 Å². The number of benzene rings is 6. The van der Waals surface area contributed by atoms with E-state index < -0.39 is 238 Å². The van der Waals surface area contributed by atoms with E-state index >= 15 is 9.59 Å². The number of aliphatic carboxylic acids is 2. The van der Waals surface area contributed by atoms with Gasteiger partial charge < -0.3 is 110 Å². The van der Waals surface area contributed by atoms with Crippen molar-refractivity contribution in [1.82, 2.24) is 22.9 Å². The van der Waals surface area contributed by atoms with Gasteiger partial charge in [-0.25, -0.2) is 19.2 Å². The first-order chi connectivity index (χ1) is 67.2. The summed E-state index contributed by atoms with van der Waals surface area (Å²) >= 11 is 0. The van der Waals surface area contributed by atoms with Crippen LogP contribution in [-0.2, 0) is 126 Å². The summed E-state index contributed by atoms with van der Waals surface area (Å²) in [6.07, 6.45) is -16.8. The van der Waals surface area contributed by atoms with Crippen LogP contribution in [0.4, 0.5) is 0 Å². The Labute approximate surface area is 879 Å². The number of aliphatic hydroxyl groups is 4. The van der Waals surface area contributed by atoms with Crippen LogP contribution in [0.2, 0.25) is 0 Å². The molecule has 147 heavy (non-hydrogen) atoms. The zero-order valence-corrected chi connectivity index (χ0v) is 88.0. The minimum Gasteiger partial charge on any atom is -0.481 e. The number of ether oxygens (including phenoxy) is 12. The van der Waals surface area contributed by atoms with Crippen molar-refractivity contribution in [2.45, 2.75) is 294 Å². The van der Waals surface area contributed by atoms with Gasteiger partial charge in [-0.1, -0.05) is 188 Å². The molecular weight excluding hydrogens is 2130 g/mol. The fraction of sp³-hybridized carbons (Fsp3) is 0.500. The number of hydrogen-bond donors (Lipinski definition) is 10. The van der Waals surface area contributed by atoms with Gasteiger partial charge in [0.05, 0.1) is 48.4 Å². The Bertz CT molecular complexity index is 5410. The molecule has 802 valence electrons. The molecule has 14 N–H and O–H groups in total. The Morgan fingerprint density at radius 1 is 0.388 bits per heavy atom. The zero-order valence-electron chi connectivity index (χ0n) is 84.1. The predicted molar refractivity (Wildman–Crippen MR) is 528 cm³/mol. The molecule has 2 heterocycles. The van der Waals surface area contributed by atoms with Crippen LogP contribution in [-0.4, -0.2) is 223 Å². The number of rotatable bonds is 34. The molecule has 0 aromatic heterocycles. The van der Waals surface area contributed by atoms with Crippen LogP contribution in [0.3, 0.4) is 0 Å². The third-order valence-corrected chi connectivity index (χ3v) is 30.1. The maximum absolute atomic E-state index is 15.2. The summed E-state index contributed by atoms with van der Waals surface area (Å²) in [6, 6.07) is 46.4. The molecule has 0 radical (unpaired) electrons. The van der Waals surface area contributed by atoms with Gasteiger partial charge in [-0.15, -0.1) is 24.8 Å². The predicted octanol–water partition coefficient (Wildman–Crippen LogP) is 13.5. The quantitative estimate of drug-likeness (QED) is 0.00776. The summed E-state index contributed by atoms with van der Waals surface area (Å²) in [5, 5.41) is 76.4. The van der Waals surface area contributed by atoms with Crippen LogP contribution in [0, 0.1) is 33.5 Å². The maximum Gasteiger partial charge on any atom is 0.350 e. The number of unbranched alkanes of at least 4 members (excludes halogenated alkanes) is 4. The second kappa shape index (κ2) is 50.1. The summed E-state index contributed by atoms with van der Waals surface area (Å²) in [7, 11) is 0. The van der Waals surface area contributed by atoms with Crippen LogP contribution in [0.15, 0.2) is 204 Å². The summed E-state index contributed by atoms with van der Waals surface area (Å²) in [6.45, 7) is 17.9. The topological polar surface area (TPSA) is 565 Å². The molecular formula is C108H134Cl2N4O32Pt. The summed E-state index contributed by atoms with van der Waals surface area (Å²) < 4.78 is 74.7. The van der Waals surface area contributed by atoms with Gasteiger partial charge in [0.2, 0.25) is 12.2 Å². The van der Waals surface area contributed by atoms with E-state index in [1.54, 1.807) is 213 Å². The number of carboxylic acid groups (broad SMARTS) is 2. The van der Waals surface area contributed by atoms with Gasteiger partial charge >= 0.3 is 71.6 Å². The molecule has 6 fully saturated rings. The van der Waals surface area contributed by atoms with Gasteiger partial charge in [-0.2, -0.15) is 0 Å². The van der Waals surface area contributed by atoms with Crippen molar-refractivity contribution < 1.29 is 176 Å². The number of aliphatic hydroxyl groups excluding tert-OH is 2. The Balaban J connectivity index is 0.000000347. The summed E-state index contributed by atoms with van der Waals surface area (Å²) in [5.74, 6) is -14.2. The Kier molecular flexibility index (Phi) is 41.1. The van der Waals surface area contributed by atoms with E-state index in [4.69, 9.17) is 67.1 Å². The molecule has 2 amide bonds. The second-order valence-electron chi connectivity index (χ2n) is 39.9. The van der Waals surface area contributed by atoms with E-state index in [0.717, 1.165) is 0 Å². The molecule has 6 aliphatic carbocycles. The monoisotopic (exact) mass is 2260 g/mol. The van der Waals surface area contributed by atoms with Crippen LogP contribution < -0.4 is 22.9 Å². The van der Waals surface area contributed by atoms with Crippen molar-refractivity contribution in [1.29, 1.82) is 0 Å². The van der Waals surface area contributed by atoms with Crippen molar-refractivity contribution in [2.75, 3.05) is 13.2 Å². The molecule has 8 aliphatic rings. The van der Waals surface area contributed by atoms with Crippen LogP contribution in [0.25, 0.3) is 0 Å². The number of carbonyl (C=O) groups excluding carboxylic acids is 12. The van der Waals surface area contributed by atoms with E-state index in [2.05, 4.69) is 10.6 Å². The molecule has 0 spiro atoms. The SMILES string of the molecule is CC(=O)O[C@H]1C[C@]2(C)[C@@H](O)C[C@H]3OC[C@@]3(OC(C)=O)[C@H]2[C@H](OC(=O)c2ccccc2)[C@]2(O)C[C@H](OC(=O)[C@@H](OC(=O)CCCCCC(=O)O)[C@H](NC(=O)c3ccccc3)c3ccccc3)C(C)=C1C2(C)C.CC(=O)O[C@H]1C[C@]2(C)[C@@H](O)C[C@H]3OC[C@@]3(OC(C)=O)[C@H]2[C@H](OC(=O)c2ccccc2)[C@]2(O)C[C@H](OC(=O)[C@@H](OC(=O)CCCCCC(=O)O)[C@H](NC(=O)c3ccccc3)c3ccccc3)C(C)=C1C2(C)C.Cl.Cl.N.N.[Pt]. The smallest absolute Gasteiger partial charge is 0.350 e. The molecule has 4 saturated carbocycles. The summed E-state index contributed by atoms with van der Waals surface area (Å²) in [5.41, 5.74) is -10.9. The van der Waals surface area contributed by atoms with Crippen LogP contribution in [0.1, 0.15) is 250 Å². The van der Waals surface area contributed by atoms with Crippen LogP contribution in [0.5, 0.6) is 0 Å². The number of carboxylic acids is 2. The normalized spacial score (nSPS) is 28.1. The number of nitrogens with one attached hydrogen (secondary N) is 2. The average molecular weight is 2270 g/mol. The van der Waals surface area contributed by atoms with Gasteiger partial charge in [-0.3, -0.25) is 47.9 Å². The molecule has 6 aromatic carbocycles. The van der Waals surface area contributed by atoms with Gasteiger partial charge in [-0.05, 0) is 134 Å². The molecule has 4 bridgehead atoms. The van der Waals surface area contributed by atoms with E-state index in [1.807, 2.05) is 0 Å². The second-order valence-corrected chi connectivity index (χ2v) is 39.9. The molecule has 6 aromatic rings. The number of fused-ring (bicyclic) bond motifs is 10. The third kappa shape index (κ3) is 25.4. The molecule has 2 saturated heterocycles. The largest absolute Gasteiger partial charge is 0.481 e. The van der Waals surface area contributed by atoms with Crippen molar-refractivity contribution in [3.63, 3.8) is 0 Å². The zero-order chi connectivity index (χ0) is 103. The Morgan fingerprint density at radius 2 is 0.680 bits per heavy atom. The first-order valence-corrected chi connectivity index (χ1v) is 48.0. The minimum atomic E-state index is -2.31. The fourth-order valence-electron chi connectivity index (χ4n) is 23.0. The third-order valence-electron chi connectivity index (χ3n) is 30.1. The minimum absolute atomic E-state index is 0. The standard InChI is InChI=1S/2C54H63NO16.2ClH.2H3N.Pt/c2*1-31-37(68-50(64)45(69-42(61)26-18-10-17-25-41(59)60)44(34-19-11-7-12-20-34)55-48(62)35-21-13-8-14-22-35)29-54(65)47(70-49(63)36-23-15-9-16-24-36)46-52(6,28-38(67-32(2)56)43(31)51(54,4)5)39(58)27-40-53(46,30-66-40)71-33(3)57;;;;;/h2*7-9,11-16,19-24,37-40,44-47,58,65H,10,17-18,25-30H2,1-6H3,(H,55,62)(H,59,60);2*1H;2*1H3;/t2*37-,38-,39-,40+,44+,45-,46-,47-,52+,53-,54+;;;;;/m00...../s1. The van der Waals surface area contributed by atoms with Gasteiger partial charge in [0, 0.05) is 133 Å².